The SMILES string of the molecule is O[C@H]1C=C[C@@]2(O)N3CC[C@@]2(c2cc4c(cc2C3)OCO4)[C@H]1O. The Morgan fingerprint density at radius 2 is 1.95 bits per heavy atom. The fraction of sp³-hybridized carbons (Fsp3) is 0.500. The zero-order valence-electron chi connectivity index (χ0n) is 11.9. The van der Waals surface area contributed by atoms with Crippen LogP contribution in [0.3, 0.4) is 0 Å². The molecule has 1 saturated heterocycles. The molecule has 3 heterocycles. The van der Waals surface area contributed by atoms with E-state index in [1.807, 2.05) is 17.0 Å². The number of aliphatic hydroxyl groups is 3. The van der Waals surface area contributed by atoms with Crippen molar-refractivity contribution in [3.63, 3.8) is 0 Å². The third-order valence-electron chi connectivity index (χ3n) is 5.71. The molecule has 1 unspecified atom stereocenters. The Bertz CT molecular complexity index is 704. The fourth-order valence-electron chi connectivity index (χ4n) is 4.62. The molecule has 6 nitrogen and oxygen atoms in total. The predicted molar refractivity (Wildman–Crippen MR) is 75.4 cm³/mol. The van der Waals surface area contributed by atoms with E-state index < -0.39 is 23.3 Å². The van der Waals surface area contributed by atoms with Crippen LogP contribution >= 0.6 is 0 Å². The molecule has 1 aliphatic carbocycles. The van der Waals surface area contributed by atoms with Crippen molar-refractivity contribution in [3.05, 3.63) is 35.4 Å². The zero-order chi connectivity index (χ0) is 15.1. The van der Waals surface area contributed by atoms with Crippen molar-refractivity contribution in [2.45, 2.75) is 36.3 Å². The number of ether oxygens (including phenoxy) is 2. The van der Waals surface area contributed by atoms with Gasteiger partial charge in [0.2, 0.25) is 6.79 Å². The average molecular weight is 303 g/mol. The van der Waals surface area contributed by atoms with Crippen molar-refractivity contribution in [2.75, 3.05) is 13.3 Å². The average Bonchev–Trinajstić information content (AvgIpc) is 3.02. The minimum Gasteiger partial charge on any atom is -0.454 e. The van der Waals surface area contributed by atoms with E-state index >= 15 is 0 Å². The standard InChI is InChI=1S/C16H17NO5/c18-11-1-2-16(20)15(14(11)19)3-4-17(16)7-9-5-12-13(6-10(9)15)22-8-21-12/h1-2,5-6,11,14,18-20H,3-4,7-8H2/t11-,14-,15+,16-/m0/s1. The molecule has 0 spiro atoms. The van der Waals surface area contributed by atoms with Gasteiger partial charge in [0.15, 0.2) is 11.5 Å². The van der Waals surface area contributed by atoms with Gasteiger partial charge in [0.1, 0.15) is 5.72 Å². The maximum absolute atomic E-state index is 11.3. The molecule has 0 saturated carbocycles. The smallest absolute Gasteiger partial charge is 0.231 e. The van der Waals surface area contributed by atoms with Crippen molar-refractivity contribution in [1.29, 1.82) is 0 Å². The molecule has 0 aromatic heterocycles. The molecule has 6 heteroatoms. The molecule has 2 bridgehead atoms. The summed E-state index contributed by atoms with van der Waals surface area (Å²) in [4.78, 5) is 1.95. The predicted octanol–water partition coefficient (Wildman–Crippen LogP) is -0.147. The summed E-state index contributed by atoms with van der Waals surface area (Å²) in [7, 11) is 0. The summed E-state index contributed by atoms with van der Waals surface area (Å²) in [5.41, 5.74) is -0.348. The second kappa shape index (κ2) is 3.83. The molecule has 5 rings (SSSR count). The molecule has 116 valence electrons. The molecular weight excluding hydrogens is 286 g/mol. The summed E-state index contributed by atoms with van der Waals surface area (Å²) < 4.78 is 10.9. The Morgan fingerprint density at radius 3 is 2.77 bits per heavy atom. The first kappa shape index (κ1) is 12.9. The van der Waals surface area contributed by atoms with Crippen molar-refractivity contribution < 1.29 is 24.8 Å². The Hall–Kier alpha value is -1.60. The monoisotopic (exact) mass is 303 g/mol. The number of benzene rings is 1. The molecule has 1 aromatic rings. The summed E-state index contributed by atoms with van der Waals surface area (Å²) in [5.74, 6) is 1.33. The summed E-state index contributed by atoms with van der Waals surface area (Å²) in [5, 5.41) is 32.2. The first-order chi connectivity index (χ1) is 10.6. The van der Waals surface area contributed by atoms with Crippen LogP contribution in [0.25, 0.3) is 0 Å². The highest BCUT2D eigenvalue weighted by Gasteiger charge is 2.67. The van der Waals surface area contributed by atoms with E-state index in [2.05, 4.69) is 0 Å². The van der Waals surface area contributed by atoms with Gasteiger partial charge in [-0.05, 0) is 35.8 Å². The van der Waals surface area contributed by atoms with Crippen LogP contribution in [0.1, 0.15) is 17.5 Å². The molecule has 3 N–H and O–H groups in total. The maximum Gasteiger partial charge on any atom is 0.231 e. The van der Waals surface area contributed by atoms with Crippen LogP contribution in [0.15, 0.2) is 24.3 Å². The summed E-state index contributed by atoms with van der Waals surface area (Å²) >= 11 is 0. The van der Waals surface area contributed by atoms with Gasteiger partial charge in [0, 0.05) is 13.1 Å². The van der Waals surface area contributed by atoms with Crippen LogP contribution in [0.4, 0.5) is 0 Å². The summed E-state index contributed by atoms with van der Waals surface area (Å²) in [6.07, 6.45) is 1.64. The van der Waals surface area contributed by atoms with E-state index in [1.165, 1.54) is 6.08 Å². The number of hydrogen-bond acceptors (Lipinski definition) is 6. The molecule has 0 amide bonds. The number of rotatable bonds is 0. The Balaban J connectivity index is 1.80. The van der Waals surface area contributed by atoms with Gasteiger partial charge in [-0.2, -0.15) is 0 Å². The molecule has 1 fully saturated rings. The molecule has 0 radical (unpaired) electrons. The van der Waals surface area contributed by atoms with Gasteiger partial charge >= 0.3 is 0 Å². The van der Waals surface area contributed by atoms with Gasteiger partial charge in [-0.15, -0.1) is 0 Å². The first-order valence-corrected chi connectivity index (χ1v) is 7.52. The molecule has 4 aliphatic rings. The molecular formula is C16H17NO5. The van der Waals surface area contributed by atoms with Gasteiger partial charge < -0.3 is 24.8 Å². The number of nitrogens with zero attached hydrogens (tertiary/aromatic N) is 1. The van der Waals surface area contributed by atoms with Crippen LogP contribution in [0.2, 0.25) is 0 Å². The summed E-state index contributed by atoms with van der Waals surface area (Å²) in [6.45, 7) is 1.42. The van der Waals surface area contributed by atoms with Gasteiger partial charge in [-0.1, -0.05) is 6.08 Å². The lowest BCUT2D eigenvalue weighted by atomic mass is 9.61. The van der Waals surface area contributed by atoms with Crippen molar-refractivity contribution in [2.24, 2.45) is 0 Å². The Kier molecular flexibility index (Phi) is 2.25. The third kappa shape index (κ3) is 1.23. The lowest BCUT2D eigenvalue weighted by Gasteiger charge is -2.53. The van der Waals surface area contributed by atoms with Crippen molar-refractivity contribution >= 4 is 0 Å². The third-order valence-corrected chi connectivity index (χ3v) is 5.71. The van der Waals surface area contributed by atoms with E-state index in [0.717, 1.165) is 11.1 Å². The lowest BCUT2D eigenvalue weighted by Crippen LogP contribution is -2.66. The maximum atomic E-state index is 11.3. The lowest BCUT2D eigenvalue weighted by molar-refractivity contribution is -0.156. The highest BCUT2D eigenvalue weighted by molar-refractivity contribution is 5.56. The Labute approximate surface area is 127 Å². The molecule has 1 aromatic carbocycles. The highest BCUT2D eigenvalue weighted by Crippen LogP contribution is 2.58. The van der Waals surface area contributed by atoms with Gasteiger partial charge in [0.05, 0.1) is 17.6 Å². The highest BCUT2D eigenvalue weighted by atomic mass is 16.7. The normalized spacial score (nSPS) is 43.9. The van der Waals surface area contributed by atoms with E-state index in [-0.39, 0.29) is 6.79 Å². The second-order valence-electron chi connectivity index (χ2n) is 6.53. The molecule has 22 heavy (non-hydrogen) atoms. The van der Waals surface area contributed by atoms with Gasteiger partial charge in [-0.25, -0.2) is 0 Å². The van der Waals surface area contributed by atoms with Crippen molar-refractivity contribution in [3.8, 4) is 11.5 Å². The van der Waals surface area contributed by atoms with Crippen molar-refractivity contribution in [1.82, 2.24) is 4.90 Å². The van der Waals surface area contributed by atoms with E-state index in [1.54, 1.807) is 6.08 Å². The zero-order valence-corrected chi connectivity index (χ0v) is 11.9. The molecule has 3 aliphatic heterocycles. The van der Waals surface area contributed by atoms with Gasteiger partial charge in [-0.3, -0.25) is 4.90 Å². The Morgan fingerprint density at radius 1 is 1.18 bits per heavy atom. The second-order valence-corrected chi connectivity index (χ2v) is 6.53. The largest absolute Gasteiger partial charge is 0.454 e. The number of aliphatic hydroxyl groups excluding tert-OH is 2. The minimum absolute atomic E-state index is 0.185. The first-order valence-electron chi connectivity index (χ1n) is 7.52. The van der Waals surface area contributed by atoms with E-state index in [4.69, 9.17) is 9.47 Å². The van der Waals surface area contributed by atoms with Crippen LogP contribution in [-0.4, -0.2) is 51.5 Å². The fourth-order valence-corrected chi connectivity index (χ4v) is 4.62. The van der Waals surface area contributed by atoms with Gasteiger partial charge in [0.25, 0.3) is 0 Å². The number of fused-ring (bicyclic) bond motifs is 2. The number of hydrogen-bond donors (Lipinski definition) is 3. The van der Waals surface area contributed by atoms with E-state index in [0.29, 0.717) is 31.0 Å². The van der Waals surface area contributed by atoms with Crippen LogP contribution in [0, 0.1) is 0 Å². The topological polar surface area (TPSA) is 82.4 Å². The van der Waals surface area contributed by atoms with E-state index in [9.17, 15) is 15.3 Å². The van der Waals surface area contributed by atoms with Crippen LogP contribution < -0.4 is 9.47 Å². The molecule has 5 atom stereocenters. The van der Waals surface area contributed by atoms with Crippen LogP contribution in [-0.2, 0) is 12.0 Å². The minimum atomic E-state index is -1.27. The summed E-state index contributed by atoms with van der Waals surface area (Å²) in [6, 6.07) is 3.79. The van der Waals surface area contributed by atoms with Crippen LogP contribution in [0.5, 0.6) is 11.5 Å². The quantitative estimate of drug-likeness (QED) is 0.578.